The van der Waals surface area contributed by atoms with Gasteiger partial charge in [0.05, 0.1) is 8.95 Å². The summed E-state index contributed by atoms with van der Waals surface area (Å²) in [5, 5.41) is 13.2. The summed E-state index contributed by atoms with van der Waals surface area (Å²) in [5.74, 6) is 2.77. The molecule has 0 amide bonds. The van der Waals surface area contributed by atoms with Crippen molar-refractivity contribution in [1.29, 1.82) is 0 Å². The van der Waals surface area contributed by atoms with Gasteiger partial charge in [-0.15, -0.1) is 0 Å². The number of aromatic hydroxyl groups is 1. The van der Waals surface area contributed by atoms with Crippen LogP contribution in [0.4, 0.5) is 0 Å². The van der Waals surface area contributed by atoms with Crippen molar-refractivity contribution in [3.05, 3.63) is 26.6 Å². The zero-order chi connectivity index (χ0) is 12.3. The van der Waals surface area contributed by atoms with Gasteiger partial charge in [0, 0.05) is 18.3 Å². The lowest BCUT2D eigenvalue weighted by molar-refractivity contribution is 0.467. The second-order valence-electron chi connectivity index (χ2n) is 4.20. The minimum Gasteiger partial charge on any atom is -0.506 e. The molecule has 17 heavy (non-hydrogen) atoms. The molecule has 2 rings (SSSR count). The first kappa shape index (κ1) is 13.7. The van der Waals surface area contributed by atoms with E-state index in [4.69, 9.17) is 0 Å². The van der Waals surface area contributed by atoms with Crippen LogP contribution >= 0.6 is 43.6 Å². The quantitative estimate of drug-likeness (QED) is 0.833. The van der Waals surface area contributed by atoms with E-state index in [1.807, 2.05) is 23.9 Å². The molecule has 1 unspecified atom stereocenters. The molecular weight excluding hydrogens is 366 g/mol. The zero-order valence-corrected chi connectivity index (χ0v) is 13.4. The number of hydrogen-bond donors (Lipinski definition) is 2. The number of rotatable bonds is 3. The summed E-state index contributed by atoms with van der Waals surface area (Å²) < 4.78 is 1.48. The molecule has 94 valence electrons. The molecule has 1 aliphatic heterocycles. The van der Waals surface area contributed by atoms with Crippen LogP contribution in [-0.4, -0.2) is 22.7 Å². The van der Waals surface area contributed by atoms with E-state index in [1.165, 1.54) is 29.9 Å². The highest BCUT2D eigenvalue weighted by atomic mass is 79.9. The minimum atomic E-state index is 0.266. The maximum absolute atomic E-state index is 9.63. The number of nitrogens with one attached hydrogen (secondary N) is 1. The SMILES string of the molecule is Oc1c(Br)cc(CNC2CCCSC2)cc1Br. The third kappa shape index (κ3) is 3.88. The lowest BCUT2D eigenvalue weighted by Crippen LogP contribution is -2.33. The van der Waals surface area contributed by atoms with E-state index in [-0.39, 0.29) is 5.75 Å². The summed E-state index contributed by atoms with van der Waals surface area (Å²) >= 11 is 8.73. The molecule has 2 nitrogen and oxygen atoms in total. The first-order valence-electron chi connectivity index (χ1n) is 5.65. The van der Waals surface area contributed by atoms with Crippen LogP contribution in [0.3, 0.4) is 0 Å². The highest BCUT2D eigenvalue weighted by Gasteiger charge is 2.13. The number of phenolic OH excluding ortho intramolecular Hbond substituents is 1. The van der Waals surface area contributed by atoms with E-state index in [9.17, 15) is 5.11 Å². The fourth-order valence-electron chi connectivity index (χ4n) is 1.88. The van der Waals surface area contributed by atoms with Crippen LogP contribution in [0.1, 0.15) is 18.4 Å². The second-order valence-corrected chi connectivity index (χ2v) is 7.06. The van der Waals surface area contributed by atoms with Crippen molar-refractivity contribution in [2.75, 3.05) is 11.5 Å². The molecule has 0 radical (unpaired) electrons. The average molecular weight is 381 g/mol. The van der Waals surface area contributed by atoms with E-state index in [0.29, 0.717) is 6.04 Å². The Morgan fingerprint density at radius 1 is 1.35 bits per heavy atom. The van der Waals surface area contributed by atoms with Crippen molar-refractivity contribution in [2.45, 2.75) is 25.4 Å². The van der Waals surface area contributed by atoms with Crippen LogP contribution in [0.25, 0.3) is 0 Å². The second kappa shape index (κ2) is 6.45. The van der Waals surface area contributed by atoms with E-state index < -0.39 is 0 Å². The van der Waals surface area contributed by atoms with Gasteiger partial charge in [-0.2, -0.15) is 11.8 Å². The lowest BCUT2D eigenvalue weighted by Gasteiger charge is -2.22. The molecule has 1 aliphatic rings. The van der Waals surface area contributed by atoms with Gasteiger partial charge >= 0.3 is 0 Å². The van der Waals surface area contributed by atoms with Crippen molar-refractivity contribution in [1.82, 2.24) is 5.32 Å². The van der Waals surface area contributed by atoms with Gasteiger partial charge in [0.25, 0.3) is 0 Å². The largest absolute Gasteiger partial charge is 0.506 e. The summed E-state index contributed by atoms with van der Waals surface area (Å²) in [4.78, 5) is 0. The first-order chi connectivity index (χ1) is 8.16. The van der Waals surface area contributed by atoms with Crippen LogP contribution in [0.5, 0.6) is 5.75 Å². The first-order valence-corrected chi connectivity index (χ1v) is 8.39. The topological polar surface area (TPSA) is 32.3 Å². The van der Waals surface area contributed by atoms with Crippen molar-refractivity contribution in [2.24, 2.45) is 0 Å². The number of benzene rings is 1. The fraction of sp³-hybridized carbons (Fsp3) is 0.500. The van der Waals surface area contributed by atoms with Gasteiger partial charge in [0.15, 0.2) is 0 Å². The highest BCUT2D eigenvalue weighted by Crippen LogP contribution is 2.33. The Morgan fingerprint density at radius 3 is 2.65 bits per heavy atom. The molecule has 0 saturated carbocycles. The Bertz CT molecular complexity index is 371. The number of hydrogen-bond acceptors (Lipinski definition) is 3. The number of thioether (sulfide) groups is 1. The number of phenols is 1. The smallest absolute Gasteiger partial charge is 0.143 e. The maximum Gasteiger partial charge on any atom is 0.143 e. The predicted octanol–water partition coefficient (Wildman–Crippen LogP) is 3.90. The fourth-order valence-corrected chi connectivity index (χ4v) is 4.27. The van der Waals surface area contributed by atoms with E-state index in [1.54, 1.807) is 0 Å². The molecule has 0 aromatic heterocycles. The Balaban J connectivity index is 1.94. The molecule has 1 saturated heterocycles. The summed E-state index contributed by atoms with van der Waals surface area (Å²) in [6.45, 7) is 0.850. The Morgan fingerprint density at radius 2 is 2.06 bits per heavy atom. The Kier molecular flexibility index (Phi) is 5.21. The van der Waals surface area contributed by atoms with Crippen molar-refractivity contribution >= 4 is 43.6 Å². The van der Waals surface area contributed by atoms with Gasteiger partial charge in [-0.3, -0.25) is 0 Å². The summed E-state index contributed by atoms with van der Waals surface area (Å²) in [5.41, 5.74) is 1.18. The molecule has 1 atom stereocenters. The van der Waals surface area contributed by atoms with Crippen LogP contribution in [0.2, 0.25) is 0 Å². The van der Waals surface area contributed by atoms with Crippen LogP contribution in [-0.2, 0) is 6.54 Å². The normalized spacial score (nSPS) is 20.5. The minimum absolute atomic E-state index is 0.266. The standard InChI is InChI=1S/C12H15Br2NOS/c13-10-4-8(5-11(14)12(10)16)6-15-9-2-1-3-17-7-9/h4-5,9,15-16H,1-3,6-7H2. The van der Waals surface area contributed by atoms with Crippen molar-refractivity contribution < 1.29 is 5.11 Å². The van der Waals surface area contributed by atoms with Crippen molar-refractivity contribution in [3.8, 4) is 5.75 Å². The molecular formula is C12H15Br2NOS. The predicted molar refractivity (Wildman–Crippen MR) is 80.7 cm³/mol. The number of halogens is 2. The zero-order valence-electron chi connectivity index (χ0n) is 9.38. The van der Waals surface area contributed by atoms with Crippen molar-refractivity contribution in [3.63, 3.8) is 0 Å². The third-order valence-electron chi connectivity index (χ3n) is 2.83. The molecule has 1 aromatic carbocycles. The monoisotopic (exact) mass is 379 g/mol. The molecule has 1 aromatic rings. The van der Waals surface area contributed by atoms with Gasteiger partial charge in [0.2, 0.25) is 0 Å². The molecule has 5 heteroatoms. The van der Waals surface area contributed by atoms with E-state index in [2.05, 4.69) is 37.2 Å². The third-order valence-corrected chi connectivity index (χ3v) is 5.26. The van der Waals surface area contributed by atoms with E-state index in [0.717, 1.165) is 15.5 Å². The highest BCUT2D eigenvalue weighted by molar-refractivity contribution is 9.11. The van der Waals surface area contributed by atoms with Gasteiger partial charge < -0.3 is 10.4 Å². The molecule has 1 fully saturated rings. The van der Waals surface area contributed by atoms with Crippen LogP contribution in [0.15, 0.2) is 21.1 Å². The molecule has 0 spiro atoms. The van der Waals surface area contributed by atoms with Gasteiger partial charge in [0.1, 0.15) is 5.75 Å². The Hall–Kier alpha value is 0.290. The van der Waals surface area contributed by atoms with Crippen LogP contribution in [0, 0.1) is 0 Å². The van der Waals surface area contributed by atoms with Gasteiger partial charge in [-0.25, -0.2) is 0 Å². The summed E-state index contributed by atoms with van der Waals surface area (Å²) in [6.07, 6.45) is 2.58. The van der Waals surface area contributed by atoms with Gasteiger partial charge in [-0.1, -0.05) is 0 Å². The Labute approximate surface area is 123 Å². The molecule has 1 heterocycles. The average Bonchev–Trinajstić information content (AvgIpc) is 2.34. The van der Waals surface area contributed by atoms with Crippen LogP contribution < -0.4 is 5.32 Å². The molecule has 0 bridgehead atoms. The van der Waals surface area contributed by atoms with Gasteiger partial charge in [-0.05, 0) is 68.2 Å². The molecule has 2 N–H and O–H groups in total. The summed E-state index contributed by atoms with van der Waals surface area (Å²) in [7, 11) is 0. The van der Waals surface area contributed by atoms with E-state index >= 15 is 0 Å². The summed E-state index contributed by atoms with van der Waals surface area (Å²) in [6, 6.07) is 4.55. The lowest BCUT2D eigenvalue weighted by atomic mass is 10.1. The maximum atomic E-state index is 9.63. The molecule has 0 aliphatic carbocycles.